The van der Waals surface area contributed by atoms with Crippen LogP contribution in [0, 0.1) is 17.0 Å². The number of carbonyl (C=O) groups excluding carboxylic acids is 1. The summed E-state index contributed by atoms with van der Waals surface area (Å²) < 4.78 is 16.2. The van der Waals surface area contributed by atoms with E-state index in [4.69, 9.17) is 14.2 Å². The molecule has 28 heavy (non-hydrogen) atoms. The molecule has 2 rings (SSSR count). The summed E-state index contributed by atoms with van der Waals surface area (Å²) in [5.41, 5.74) is 2.59. The van der Waals surface area contributed by atoms with Crippen molar-refractivity contribution in [2.75, 3.05) is 13.7 Å². The highest BCUT2D eigenvalue weighted by atomic mass is 16.6. The van der Waals surface area contributed by atoms with Crippen LogP contribution >= 0.6 is 0 Å². The zero-order valence-electron chi connectivity index (χ0n) is 16.3. The first-order valence-corrected chi connectivity index (χ1v) is 8.74. The van der Waals surface area contributed by atoms with Gasteiger partial charge in [-0.25, -0.2) is 4.79 Å². The Morgan fingerprint density at radius 1 is 1.14 bits per heavy atom. The monoisotopic (exact) mass is 385 g/mol. The first-order valence-electron chi connectivity index (χ1n) is 8.74. The fourth-order valence-electron chi connectivity index (χ4n) is 2.55. The third kappa shape index (κ3) is 5.84. The lowest BCUT2D eigenvalue weighted by Gasteiger charge is -2.15. The van der Waals surface area contributed by atoms with Crippen molar-refractivity contribution in [1.82, 2.24) is 0 Å². The third-order valence-electron chi connectivity index (χ3n) is 3.94. The van der Waals surface area contributed by atoms with E-state index in [1.807, 2.05) is 25.1 Å². The van der Waals surface area contributed by atoms with Gasteiger partial charge in [-0.05, 0) is 47.7 Å². The van der Waals surface area contributed by atoms with Gasteiger partial charge < -0.3 is 14.2 Å². The Balaban J connectivity index is 2.07. The standard InChI is InChI=1S/C21H23NO6/c1-14(2)17-7-5-15(3)11-19(17)27-13-21(23)28-18-8-6-16(9-10-22(24)25)12-20(18)26-4/h5-12,14H,13H2,1-4H3/b10-9+. The highest BCUT2D eigenvalue weighted by molar-refractivity contribution is 5.75. The van der Waals surface area contributed by atoms with Crippen LogP contribution in [0.5, 0.6) is 17.2 Å². The topological polar surface area (TPSA) is 87.9 Å². The molecule has 0 radical (unpaired) electrons. The van der Waals surface area contributed by atoms with Gasteiger partial charge in [0, 0.05) is 6.08 Å². The molecule has 0 atom stereocenters. The number of nitrogens with zero attached hydrogens (tertiary/aromatic N) is 1. The lowest BCUT2D eigenvalue weighted by atomic mass is 10.0. The first kappa shape index (κ1) is 21.0. The van der Waals surface area contributed by atoms with Crippen LogP contribution in [0.25, 0.3) is 6.08 Å². The molecule has 0 spiro atoms. The molecule has 0 N–H and O–H groups in total. The van der Waals surface area contributed by atoms with Crippen LogP contribution in [0.15, 0.2) is 42.6 Å². The van der Waals surface area contributed by atoms with Gasteiger partial charge in [0.15, 0.2) is 18.1 Å². The molecule has 0 aliphatic rings. The molecule has 2 aromatic rings. The molecular weight excluding hydrogens is 362 g/mol. The summed E-state index contributed by atoms with van der Waals surface area (Å²) in [6.45, 7) is 5.80. The summed E-state index contributed by atoms with van der Waals surface area (Å²) >= 11 is 0. The zero-order valence-corrected chi connectivity index (χ0v) is 16.3. The number of benzene rings is 2. The number of hydrogen-bond donors (Lipinski definition) is 0. The minimum Gasteiger partial charge on any atom is -0.493 e. The Bertz CT molecular complexity index is 888. The Hall–Kier alpha value is -3.35. The highest BCUT2D eigenvalue weighted by Crippen LogP contribution is 2.30. The second kappa shape index (κ2) is 9.55. The second-order valence-corrected chi connectivity index (χ2v) is 6.47. The molecule has 0 aliphatic heterocycles. The summed E-state index contributed by atoms with van der Waals surface area (Å²) in [4.78, 5) is 22.1. The van der Waals surface area contributed by atoms with Crippen molar-refractivity contribution in [3.8, 4) is 17.2 Å². The molecule has 2 aromatic carbocycles. The summed E-state index contributed by atoms with van der Waals surface area (Å²) in [5, 5.41) is 10.4. The van der Waals surface area contributed by atoms with E-state index >= 15 is 0 Å². The number of carbonyl (C=O) groups is 1. The fourth-order valence-corrected chi connectivity index (χ4v) is 2.55. The van der Waals surface area contributed by atoms with Crippen LogP contribution in [0.2, 0.25) is 0 Å². The van der Waals surface area contributed by atoms with Crippen LogP contribution in [0.1, 0.15) is 36.5 Å². The van der Waals surface area contributed by atoms with E-state index in [-0.39, 0.29) is 24.0 Å². The molecule has 7 nitrogen and oxygen atoms in total. The molecule has 0 bridgehead atoms. The number of hydrogen-bond acceptors (Lipinski definition) is 6. The van der Waals surface area contributed by atoms with Crippen molar-refractivity contribution in [1.29, 1.82) is 0 Å². The molecule has 0 saturated carbocycles. The van der Waals surface area contributed by atoms with Crippen molar-refractivity contribution in [3.05, 3.63) is 69.4 Å². The molecule has 0 amide bonds. The van der Waals surface area contributed by atoms with E-state index in [1.165, 1.54) is 19.3 Å². The molecular formula is C21H23NO6. The summed E-state index contributed by atoms with van der Waals surface area (Å²) in [5.74, 6) is 0.828. The van der Waals surface area contributed by atoms with Gasteiger partial charge in [0.25, 0.3) is 0 Å². The van der Waals surface area contributed by atoms with Gasteiger partial charge in [-0.2, -0.15) is 0 Å². The number of esters is 1. The van der Waals surface area contributed by atoms with Crippen molar-refractivity contribution in [2.45, 2.75) is 26.7 Å². The van der Waals surface area contributed by atoms with E-state index in [9.17, 15) is 14.9 Å². The molecule has 7 heteroatoms. The molecule has 0 fully saturated rings. The van der Waals surface area contributed by atoms with Crippen LogP contribution < -0.4 is 14.2 Å². The predicted molar refractivity (Wildman–Crippen MR) is 105 cm³/mol. The van der Waals surface area contributed by atoms with Crippen molar-refractivity contribution >= 4 is 12.0 Å². The summed E-state index contributed by atoms with van der Waals surface area (Å²) in [7, 11) is 1.42. The van der Waals surface area contributed by atoms with Gasteiger partial charge in [-0.1, -0.05) is 32.0 Å². The third-order valence-corrected chi connectivity index (χ3v) is 3.94. The van der Waals surface area contributed by atoms with Gasteiger partial charge in [0.05, 0.1) is 12.0 Å². The van der Waals surface area contributed by atoms with E-state index < -0.39 is 10.9 Å². The predicted octanol–water partition coefficient (Wildman–Crippen LogP) is 4.36. The number of methoxy groups -OCH3 is 1. The van der Waals surface area contributed by atoms with Gasteiger partial charge in [0.2, 0.25) is 6.20 Å². The second-order valence-electron chi connectivity index (χ2n) is 6.47. The van der Waals surface area contributed by atoms with Crippen LogP contribution in [0.3, 0.4) is 0 Å². The number of rotatable bonds is 8. The van der Waals surface area contributed by atoms with Crippen molar-refractivity contribution < 1.29 is 23.9 Å². The van der Waals surface area contributed by atoms with E-state index in [1.54, 1.807) is 12.1 Å². The molecule has 0 saturated heterocycles. The molecule has 0 heterocycles. The van der Waals surface area contributed by atoms with Gasteiger partial charge in [0.1, 0.15) is 5.75 Å². The van der Waals surface area contributed by atoms with E-state index in [2.05, 4.69) is 13.8 Å². The Morgan fingerprint density at radius 3 is 2.54 bits per heavy atom. The van der Waals surface area contributed by atoms with Gasteiger partial charge >= 0.3 is 5.97 Å². The maximum atomic E-state index is 12.2. The lowest BCUT2D eigenvalue weighted by molar-refractivity contribution is -0.400. The maximum Gasteiger partial charge on any atom is 0.349 e. The smallest absolute Gasteiger partial charge is 0.349 e. The highest BCUT2D eigenvalue weighted by Gasteiger charge is 2.14. The quantitative estimate of drug-likeness (QED) is 0.290. The largest absolute Gasteiger partial charge is 0.493 e. The Morgan fingerprint density at radius 2 is 1.89 bits per heavy atom. The fraction of sp³-hybridized carbons (Fsp3) is 0.286. The van der Waals surface area contributed by atoms with E-state index in [0.29, 0.717) is 11.3 Å². The van der Waals surface area contributed by atoms with Gasteiger partial charge in [-0.15, -0.1) is 0 Å². The number of aryl methyl sites for hydroxylation is 1. The average Bonchev–Trinajstić information content (AvgIpc) is 2.65. The number of nitro groups is 1. The lowest BCUT2D eigenvalue weighted by Crippen LogP contribution is -2.18. The summed E-state index contributed by atoms with van der Waals surface area (Å²) in [6.07, 6.45) is 2.14. The van der Waals surface area contributed by atoms with Crippen LogP contribution in [-0.2, 0) is 4.79 Å². The minimum absolute atomic E-state index is 0.211. The Kier molecular flexibility index (Phi) is 7.14. The molecule has 0 aliphatic carbocycles. The van der Waals surface area contributed by atoms with Gasteiger partial charge in [-0.3, -0.25) is 10.1 Å². The molecule has 148 valence electrons. The molecule has 0 aromatic heterocycles. The minimum atomic E-state index is -0.580. The van der Waals surface area contributed by atoms with Crippen LogP contribution in [-0.4, -0.2) is 24.6 Å². The van der Waals surface area contributed by atoms with Crippen molar-refractivity contribution in [3.63, 3.8) is 0 Å². The maximum absolute atomic E-state index is 12.2. The van der Waals surface area contributed by atoms with E-state index in [0.717, 1.165) is 17.3 Å². The number of ether oxygens (including phenoxy) is 3. The SMILES string of the molecule is COc1cc(/C=C/[N+](=O)[O-])ccc1OC(=O)COc1cc(C)ccc1C(C)C. The Labute approximate surface area is 163 Å². The normalized spacial score (nSPS) is 10.9. The van der Waals surface area contributed by atoms with Crippen molar-refractivity contribution in [2.24, 2.45) is 0 Å². The van der Waals surface area contributed by atoms with Crippen LogP contribution in [0.4, 0.5) is 0 Å². The average molecular weight is 385 g/mol. The first-order chi connectivity index (χ1) is 13.3. The molecule has 0 unspecified atom stereocenters. The zero-order chi connectivity index (χ0) is 20.7. The summed E-state index contributed by atoms with van der Waals surface area (Å²) in [6, 6.07) is 10.5.